The molecule has 2 unspecified atom stereocenters. The Balaban J connectivity index is 1.43. The quantitative estimate of drug-likeness (QED) is 0.580. The van der Waals surface area contributed by atoms with Crippen molar-refractivity contribution in [3.8, 4) is 11.5 Å². The molecule has 3 heterocycles. The van der Waals surface area contributed by atoms with Crippen LogP contribution in [-0.4, -0.2) is 59.8 Å². The highest BCUT2D eigenvalue weighted by molar-refractivity contribution is 6.32. The Kier molecular flexibility index (Phi) is 6.67. The first-order valence-electron chi connectivity index (χ1n) is 10.7. The Morgan fingerprint density at radius 3 is 3.00 bits per heavy atom. The second kappa shape index (κ2) is 9.60. The molecule has 1 N–H and O–H groups in total. The van der Waals surface area contributed by atoms with Crippen LogP contribution in [0, 0.1) is 5.92 Å². The topological polar surface area (TPSA) is 63.9 Å². The molecule has 0 aliphatic carbocycles. The number of ether oxygens (including phenoxy) is 2. The minimum Gasteiger partial charge on any atom is -0.486 e. The van der Waals surface area contributed by atoms with Gasteiger partial charge in [-0.3, -0.25) is 4.99 Å². The third kappa shape index (κ3) is 4.67. The number of aromatic nitrogens is 2. The summed E-state index contributed by atoms with van der Waals surface area (Å²) in [6.07, 6.45) is 7.75. The Bertz CT molecular complexity index is 871. The van der Waals surface area contributed by atoms with Crippen molar-refractivity contribution >= 4 is 17.6 Å². The summed E-state index contributed by atoms with van der Waals surface area (Å²) >= 11 is 6.37. The maximum atomic E-state index is 6.37. The number of halogens is 1. The molecule has 2 aromatic rings. The molecule has 30 heavy (non-hydrogen) atoms. The van der Waals surface area contributed by atoms with Crippen LogP contribution in [0.1, 0.15) is 31.9 Å². The number of imidazole rings is 1. The van der Waals surface area contributed by atoms with Gasteiger partial charge in [-0.25, -0.2) is 4.98 Å². The largest absolute Gasteiger partial charge is 0.486 e. The van der Waals surface area contributed by atoms with Crippen LogP contribution in [-0.2, 0) is 6.42 Å². The maximum Gasteiger partial charge on any atom is 0.193 e. The number of aliphatic imine (C=N–C) groups is 1. The molecule has 1 aromatic carbocycles. The van der Waals surface area contributed by atoms with E-state index in [2.05, 4.69) is 39.8 Å². The van der Waals surface area contributed by atoms with E-state index in [1.807, 2.05) is 24.7 Å². The van der Waals surface area contributed by atoms with E-state index >= 15 is 0 Å². The Labute approximate surface area is 183 Å². The lowest BCUT2D eigenvalue weighted by Crippen LogP contribution is -2.49. The van der Waals surface area contributed by atoms with Gasteiger partial charge in [0.2, 0.25) is 0 Å². The maximum absolute atomic E-state index is 6.37. The zero-order valence-corrected chi connectivity index (χ0v) is 18.4. The fourth-order valence-corrected chi connectivity index (χ4v) is 4.41. The van der Waals surface area contributed by atoms with E-state index in [9.17, 15) is 0 Å². The van der Waals surface area contributed by atoms with Crippen molar-refractivity contribution < 1.29 is 9.47 Å². The number of guanidine groups is 1. The SMILES string of the molecule is CCNC(=NCCc1cc(Cl)c2c(c1)OCCO2)N1CCC(C)C(n2ccnc2)C1. The Hall–Kier alpha value is -2.41. The van der Waals surface area contributed by atoms with Crippen molar-refractivity contribution in [2.75, 3.05) is 39.4 Å². The highest BCUT2D eigenvalue weighted by Gasteiger charge is 2.28. The van der Waals surface area contributed by atoms with Gasteiger partial charge in [0.05, 0.1) is 17.4 Å². The molecular weight excluding hydrogens is 402 g/mol. The second-order valence-electron chi connectivity index (χ2n) is 7.88. The summed E-state index contributed by atoms with van der Waals surface area (Å²) in [6.45, 7) is 8.98. The highest BCUT2D eigenvalue weighted by atomic mass is 35.5. The van der Waals surface area contributed by atoms with E-state index in [0.29, 0.717) is 42.5 Å². The standard InChI is InChI=1S/C22H30ClN5O2/c1-3-25-22(27-8-5-16(2)19(14-27)28-9-7-24-15-28)26-6-4-17-12-18(23)21-20(13-17)29-10-11-30-21/h7,9,12-13,15-16,19H,3-6,8,10-11,14H2,1-2H3,(H,25,26). The van der Waals surface area contributed by atoms with Crippen molar-refractivity contribution in [2.24, 2.45) is 10.9 Å². The number of fused-ring (bicyclic) bond motifs is 1. The monoisotopic (exact) mass is 431 g/mol. The number of nitrogens with zero attached hydrogens (tertiary/aromatic N) is 4. The molecule has 0 saturated carbocycles. The molecule has 1 saturated heterocycles. The predicted octanol–water partition coefficient (Wildman–Crippen LogP) is 3.40. The average Bonchev–Trinajstić information content (AvgIpc) is 3.28. The number of benzene rings is 1. The first kappa shape index (κ1) is 20.8. The summed E-state index contributed by atoms with van der Waals surface area (Å²) in [5.74, 6) is 2.96. The first-order chi connectivity index (χ1) is 14.7. The van der Waals surface area contributed by atoms with E-state index in [4.69, 9.17) is 26.1 Å². The Morgan fingerprint density at radius 2 is 2.20 bits per heavy atom. The molecule has 7 nitrogen and oxygen atoms in total. The normalized spacial score (nSPS) is 21.6. The fourth-order valence-electron chi connectivity index (χ4n) is 4.12. The molecule has 2 atom stereocenters. The van der Waals surface area contributed by atoms with Gasteiger partial charge >= 0.3 is 0 Å². The minimum atomic E-state index is 0.404. The van der Waals surface area contributed by atoms with E-state index in [-0.39, 0.29) is 0 Å². The molecule has 4 rings (SSSR count). The molecule has 1 fully saturated rings. The highest BCUT2D eigenvalue weighted by Crippen LogP contribution is 2.38. The number of hydrogen-bond acceptors (Lipinski definition) is 4. The molecular formula is C22H30ClN5O2. The molecule has 8 heteroatoms. The third-order valence-corrected chi connectivity index (χ3v) is 6.06. The van der Waals surface area contributed by atoms with E-state index in [1.165, 1.54) is 0 Å². The number of rotatable bonds is 5. The van der Waals surface area contributed by atoms with Gasteiger partial charge in [-0.2, -0.15) is 0 Å². The third-order valence-electron chi connectivity index (χ3n) is 5.78. The van der Waals surface area contributed by atoms with Crippen molar-refractivity contribution in [1.82, 2.24) is 19.8 Å². The molecule has 1 aromatic heterocycles. The predicted molar refractivity (Wildman–Crippen MR) is 119 cm³/mol. The Morgan fingerprint density at radius 1 is 1.33 bits per heavy atom. The molecule has 2 aliphatic rings. The number of likely N-dealkylation sites (tertiary alicyclic amines) is 1. The van der Waals surface area contributed by atoms with E-state index in [1.54, 1.807) is 0 Å². The zero-order chi connectivity index (χ0) is 20.9. The summed E-state index contributed by atoms with van der Waals surface area (Å²) in [7, 11) is 0. The lowest BCUT2D eigenvalue weighted by molar-refractivity contribution is 0.171. The van der Waals surface area contributed by atoms with Crippen molar-refractivity contribution in [3.63, 3.8) is 0 Å². The van der Waals surface area contributed by atoms with Crippen LogP contribution >= 0.6 is 11.6 Å². The van der Waals surface area contributed by atoms with Gasteiger partial charge in [0, 0.05) is 38.6 Å². The van der Waals surface area contributed by atoms with Crippen LogP contribution < -0.4 is 14.8 Å². The zero-order valence-electron chi connectivity index (χ0n) is 17.7. The summed E-state index contributed by atoms with van der Waals surface area (Å²) in [5, 5.41) is 4.06. The second-order valence-corrected chi connectivity index (χ2v) is 8.28. The lowest BCUT2D eigenvalue weighted by Gasteiger charge is -2.39. The first-order valence-corrected chi connectivity index (χ1v) is 11.1. The van der Waals surface area contributed by atoms with Crippen LogP contribution in [0.25, 0.3) is 0 Å². The van der Waals surface area contributed by atoms with Gasteiger partial charge in [-0.15, -0.1) is 0 Å². The van der Waals surface area contributed by atoms with Crippen LogP contribution in [0.3, 0.4) is 0 Å². The van der Waals surface area contributed by atoms with Crippen molar-refractivity contribution in [2.45, 2.75) is 32.7 Å². The van der Waals surface area contributed by atoms with Crippen molar-refractivity contribution in [1.29, 1.82) is 0 Å². The average molecular weight is 432 g/mol. The summed E-state index contributed by atoms with van der Waals surface area (Å²) < 4.78 is 13.5. The molecule has 0 amide bonds. The molecule has 0 radical (unpaired) electrons. The van der Waals surface area contributed by atoms with Gasteiger partial charge in [0.1, 0.15) is 13.2 Å². The molecule has 2 aliphatic heterocycles. The van der Waals surface area contributed by atoms with Crippen LogP contribution in [0.5, 0.6) is 11.5 Å². The van der Waals surface area contributed by atoms with Gasteiger partial charge in [-0.05, 0) is 43.4 Å². The van der Waals surface area contributed by atoms with Gasteiger partial charge in [0.15, 0.2) is 17.5 Å². The van der Waals surface area contributed by atoms with Crippen molar-refractivity contribution in [3.05, 3.63) is 41.4 Å². The number of piperidine rings is 1. The minimum absolute atomic E-state index is 0.404. The molecule has 162 valence electrons. The molecule has 0 spiro atoms. The fraction of sp³-hybridized carbons (Fsp3) is 0.545. The smallest absolute Gasteiger partial charge is 0.193 e. The number of hydrogen-bond donors (Lipinski definition) is 1. The van der Waals surface area contributed by atoms with Crippen LogP contribution in [0.15, 0.2) is 35.8 Å². The lowest BCUT2D eigenvalue weighted by atomic mass is 9.93. The van der Waals surface area contributed by atoms with Gasteiger partial charge < -0.3 is 24.3 Å². The summed E-state index contributed by atoms with van der Waals surface area (Å²) in [6, 6.07) is 4.37. The number of nitrogens with one attached hydrogen (secondary N) is 1. The van der Waals surface area contributed by atoms with Crippen LogP contribution in [0.4, 0.5) is 0 Å². The van der Waals surface area contributed by atoms with E-state index in [0.717, 1.165) is 49.7 Å². The summed E-state index contributed by atoms with van der Waals surface area (Å²) in [4.78, 5) is 11.5. The summed E-state index contributed by atoms with van der Waals surface area (Å²) in [5.41, 5.74) is 1.10. The molecule has 0 bridgehead atoms. The van der Waals surface area contributed by atoms with Crippen LogP contribution in [0.2, 0.25) is 5.02 Å². The van der Waals surface area contributed by atoms with Gasteiger partial charge in [0.25, 0.3) is 0 Å². The van der Waals surface area contributed by atoms with E-state index < -0.39 is 0 Å². The van der Waals surface area contributed by atoms with Gasteiger partial charge in [-0.1, -0.05) is 18.5 Å².